The van der Waals surface area contributed by atoms with Gasteiger partial charge in [0.1, 0.15) is 11.4 Å². The van der Waals surface area contributed by atoms with Gasteiger partial charge < -0.3 is 10.4 Å². The van der Waals surface area contributed by atoms with E-state index in [1.807, 2.05) is 6.07 Å². The fourth-order valence-corrected chi connectivity index (χ4v) is 3.11. The number of hydrogen-bond donors (Lipinski definition) is 2. The molecule has 1 aromatic heterocycles. The zero-order valence-corrected chi connectivity index (χ0v) is 15.1. The Bertz CT molecular complexity index is 1080. The number of aromatic nitrogens is 1. The summed E-state index contributed by atoms with van der Waals surface area (Å²) in [5.41, 5.74) is -0.112. The third-order valence-electron chi connectivity index (χ3n) is 4.19. The van der Waals surface area contributed by atoms with Gasteiger partial charge in [0.15, 0.2) is 0 Å². The lowest BCUT2D eigenvalue weighted by molar-refractivity contribution is -0.384. The van der Waals surface area contributed by atoms with Crippen LogP contribution < -0.4 is 5.32 Å². The van der Waals surface area contributed by atoms with Crippen LogP contribution in [0.2, 0.25) is 5.02 Å². The van der Waals surface area contributed by atoms with Crippen molar-refractivity contribution in [2.75, 3.05) is 11.9 Å². The van der Waals surface area contributed by atoms with E-state index in [2.05, 4.69) is 10.3 Å². The predicted molar refractivity (Wildman–Crippen MR) is 103 cm³/mol. The number of fused-ring (bicyclic) bond motifs is 1. The molecular weight excluding hydrogens is 368 g/mol. The SMILES string of the molecule is CC(O)(CNc1cc(C#N)c2cc([N+](=O)[O-])ccc2n1)c1ccccc1Cl. The van der Waals surface area contributed by atoms with Gasteiger partial charge in [0.25, 0.3) is 5.69 Å². The van der Waals surface area contributed by atoms with Crippen LogP contribution in [0, 0.1) is 21.4 Å². The first-order valence-electron chi connectivity index (χ1n) is 8.02. The molecule has 0 fully saturated rings. The fraction of sp³-hybridized carbons (Fsp3) is 0.158. The molecular formula is C19H15ClN4O3. The summed E-state index contributed by atoms with van der Waals surface area (Å²) < 4.78 is 0. The standard InChI is InChI=1S/C19H15ClN4O3/c1-19(25,15-4-2-3-5-16(15)20)11-22-18-8-12(10-21)14-9-13(24(26)27)6-7-17(14)23-18/h2-9,25H,11H2,1H3,(H,22,23). The summed E-state index contributed by atoms with van der Waals surface area (Å²) in [6.45, 7) is 1.73. The van der Waals surface area contributed by atoms with E-state index in [1.54, 1.807) is 31.2 Å². The lowest BCUT2D eigenvalue weighted by Gasteiger charge is -2.25. The lowest BCUT2D eigenvalue weighted by Crippen LogP contribution is -2.31. The number of anilines is 1. The van der Waals surface area contributed by atoms with Crippen molar-refractivity contribution in [1.29, 1.82) is 5.26 Å². The number of pyridine rings is 1. The number of nitro groups is 1. The highest BCUT2D eigenvalue weighted by atomic mass is 35.5. The summed E-state index contributed by atoms with van der Waals surface area (Å²) in [5.74, 6) is 0.375. The van der Waals surface area contributed by atoms with Crippen LogP contribution in [0.4, 0.5) is 11.5 Å². The molecule has 0 bridgehead atoms. The smallest absolute Gasteiger partial charge is 0.270 e. The Kier molecular flexibility index (Phi) is 4.95. The van der Waals surface area contributed by atoms with Gasteiger partial charge in [-0.25, -0.2) is 4.98 Å². The topological polar surface area (TPSA) is 112 Å². The summed E-state index contributed by atoms with van der Waals surface area (Å²) in [7, 11) is 0. The van der Waals surface area contributed by atoms with Crippen LogP contribution in [0.3, 0.4) is 0 Å². The molecule has 2 N–H and O–H groups in total. The predicted octanol–water partition coefficient (Wildman–Crippen LogP) is 3.99. The van der Waals surface area contributed by atoms with Crippen LogP contribution in [-0.2, 0) is 5.60 Å². The van der Waals surface area contributed by atoms with Crippen LogP contribution in [0.1, 0.15) is 18.1 Å². The first-order valence-corrected chi connectivity index (χ1v) is 8.40. The number of nitrogens with zero attached hydrogens (tertiary/aromatic N) is 3. The number of non-ortho nitro benzene ring substituents is 1. The Labute approximate surface area is 160 Å². The molecule has 3 aromatic rings. The minimum absolute atomic E-state index is 0.104. The number of nitrogens with one attached hydrogen (secondary N) is 1. The summed E-state index contributed by atoms with van der Waals surface area (Å²) in [6, 6.07) is 14.7. The molecule has 0 saturated carbocycles. The maximum absolute atomic E-state index is 10.9. The van der Waals surface area contributed by atoms with E-state index in [0.717, 1.165) is 0 Å². The fourth-order valence-electron chi connectivity index (χ4n) is 2.77. The zero-order valence-electron chi connectivity index (χ0n) is 14.3. The summed E-state index contributed by atoms with van der Waals surface area (Å²) in [6.07, 6.45) is 0. The minimum Gasteiger partial charge on any atom is -0.384 e. The summed E-state index contributed by atoms with van der Waals surface area (Å²) >= 11 is 6.16. The zero-order chi connectivity index (χ0) is 19.6. The highest BCUT2D eigenvalue weighted by Gasteiger charge is 2.25. The number of benzene rings is 2. The van der Waals surface area contributed by atoms with Crippen LogP contribution >= 0.6 is 11.6 Å². The number of aliphatic hydroxyl groups is 1. The van der Waals surface area contributed by atoms with E-state index in [1.165, 1.54) is 24.3 Å². The Morgan fingerprint density at radius 2 is 2.07 bits per heavy atom. The molecule has 0 aliphatic carbocycles. The second-order valence-corrected chi connectivity index (χ2v) is 6.64. The van der Waals surface area contributed by atoms with Crippen molar-refractivity contribution in [1.82, 2.24) is 4.98 Å². The van der Waals surface area contributed by atoms with Gasteiger partial charge in [-0.2, -0.15) is 5.26 Å². The number of nitriles is 1. The molecule has 0 radical (unpaired) electrons. The Morgan fingerprint density at radius 3 is 2.74 bits per heavy atom. The minimum atomic E-state index is -1.27. The van der Waals surface area contributed by atoms with Gasteiger partial charge in [-0.3, -0.25) is 10.1 Å². The molecule has 8 heteroatoms. The quantitative estimate of drug-likeness (QED) is 0.509. The number of rotatable bonds is 5. The molecule has 136 valence electrons. The van der Waals surface area contributed by atoms with Crippen LogP contribution in [0.15, 0.2) is 48.5 Å². The highest BCUT2D eigenvalue weighted by molar-refractivity contribution is 6.31. The van der Waals surface area contributed by atoms with Crippen molar-refractivity contribution in [3.05, 3.63) is 74.8 Å². The van der Waals surface area contributed by atoms with Gasteiger partial charge in [0, 0.05) is 34.6 Å². The van der Waals surface area contributed by atoms with E-state index in [9.17, 15) is 20.5 Å². The average Bonchev–Trinajstić information content (AvgIpc) is 2.65. The van der Waals surface area contributed by atoms with Crippen molar-refractivity contribution in [2.45, 2.75) is 12.5 Å². The molecule has 0 aliphatic heterocycles. The summed E-state index contributed by atoms with van der Waals surface area (Å²) in [4.78, 5) is 14.8. The van der Waals surface area contributed by atoms with Crippen LogP contribution in [-0.4, -0.2) is 21.6 Å². The molecule has 1 atom stereocenters. The molecule has 1 unspecified atom stereocenters. The van der Waals surface area contributed by atoms with Crippen molar-refractivity contribution in [2.24, 2.45) is 0 Å². The van der Waals surface area contributed by atoms with Crippen LogP contribution in [0.25, 0.3) is 10.9 Å². The lowest BCUT2D eigenvalue weighted by atomic mass is 9.96. The monoisotopic (exact) mass is 382 g/mol. The van der Waals surface area contributed by atoms with E-state index >= 15 is 0 Å². The van der Waals surface area contributed by atoms with Gasteiger partial charge in [0.05, 0.1) is 22.1 Å². The normalized spacial score (nSPS) is 13.0. The van der Waals surface area contributed by atoms with Crippen molar-refractivity contribution >= 4 is 34.0 Å². The maximum atomic E-state index is 10.9. The third kappa shape index (κ3) is 3.82. The molecule has 7 nitrogen and oxygen atoms in total. The van der Waals surface area contributed by atoms with E-state index in [4.69, 9.17) is 11.6 Å². The van der Waals surface area contributed by atoms with Gasteiger partial charge >= 0.3 is 0 Å². The largest absolute Gasteiger partial charge is 0.384 e. The first-order chi connectivity index (χ1) is 12.8. The second kappa shape index (κ2) is 7.19. The van der Waals surface area contributed by atoms with Crippen molar-refractivity contribution in [3.63, 3.8) is 0 Å². The Hall–Kier alpha value is -3.21. The van der Waals surface area contributed by atoms with Gasteiger partial charge in [-0.05, 0) is 25.1 Å². The molecule has 0 aliphatic rings. The third-order valence-corrected chi connectivity index (χ3v) is 4.52. The second-order valence-electron chi connectivity index (χ2n) is 6.23. The number of nitro benzene ring substituents is 1. The highest BCUT2D eigenvalue weighted by Crippen LogP contribution is 2.29. The Morgan fingerprint density at radius 1 is 1.33 bits per heavy atom. The molecule has 1 heterocycles. The van der Waals surface area contributed by atoms with E-state index < -0.39 is 10.5 Å². The van der Waals surface area contributed by atoms with Gasteiger partial charge in [-0.1, -0.05) is 29.8 Å². The molecule has 0 spiro atoms. The van der Waals surface area contributed by atoms with E-state index in [0.29, 0.717) is 27.3 Å². The average molecular weight is 383 g/mol. The molecule has 3 rings (SSSR count). The number of hydrogen-bond acceptors (Lipinski definition) is 6. The van der Waals surface area contributed by atoms with Crippen LogP contribution in [0.5, 0.6) is 0 Å². The first kappa shape index (κ1) is 18.6. The number of halogens is 1. The maximum Gasteiger partial charge on any atom is 0.270 e. The van der Waals surface area contributed by atoms with Gasteiger partial charge in [0.2, 0.25) is 0 Å². The Balaban J connectivity index is 1.92. The summed E-state index contributed by atoms with van der Waals surface area (Å²) in [5, 5.41) is 34.9. The van der Waals surface area contributed by atoms with Crippen molar-refractivity contribution in [3.8, 4) is 6.07 Å². The van der Waals surface area contributed by atoms with Crippen molar-refractivity contribution < 1.29 is 10.0 Å². The van der Waals surface area contributed by atoms with E-state index in [-0.39, 0.29) is 17.8 Å². The molecule has 2 aromatic carbocycles. The molecule has 27 heavy (non-hydrogen) atoms. The molecule has 0 saturated heterocycles. The van der Waals surface area contributed by atoms with Gasteiger partial charge in [-0.15, -0.1) is 0 Å². The molecule has 0 amide bonds.